The van der Waals surface area contributed by atoms with Crippen LogP contribution in [0.15, 0.2) is 30.3 Å². The van der Waals surface area contributed by atoms with Gasteiger partial charge in [-0.05, 0) is 23.8 Å². The van der Waals surface area contributed by atoms with Crippen LogP contribution in [0.3, 0.4) is 0 Å². The molecule has 2 rings (SSSR count). The lowest BCUT2D eigenvalue weighted by atomic mass is 9.95. The van der Waals surface area contributed by atoms with E-state index in [4.69, 9.17) is 0 Å². The smallest absolute Gasteiger partial charge is 0.317 e. The Morgan fingerprint density at radius 1 is 1.39 bits per heavy atom. The number of nitrogens with one attached hydrogen (secondary N) is 1. The molecule has 1 aliphatic rings. The fourth-order valence-corrected chi connectivity index (χ4v) is 2.40. The Kier molecular flexibility index (Phi) is 4.24. The van der Waals surface area contributed by atoms with Gasteiger partial charge in [0.15, 0.2) is 0 Å². The molecular formula is C15H22N2O. The maximum absolute atomic E-state index is 12.0. The van der Waals surface area contributed by atoms with E-state index in [-0.39, 0.29) is 6.03 Å². The van der Waals surface area contributed by atoms with Crippen LogP contribution in [-0.4, -0.2) is 24.0 Å². The highest BCUT2D eigenvalue weighted by molar-refractivity contribution is 5.74. The van der Waals surface area contributed by atoms with Crippen LogP contribution in [0.1, 0.15) is 25.8 Å². The van der Waals surface area contributed by atoms with Gasteiger partial charge in [0, 0.05) is 19.6 Å². The average Bonchev–Trinajstić information content (AvgIpc) is 2.87. The van der Waals surface area contributed by atoms with E-state index in [1.54, 1.807) is 0 Å². The van der Waals surface area contributed by atoms with Gasteiger partial charge >= 0.3 is 6.03 Å². The highest BCUT2D eigenvalue weighted by atomic mass is 16.2. The third-order valence-electron chi connectivity index (χ3n) is 3.74. The second kappa shape index (κ2) is 5.89. The molecule has 2 amide bonds. The molecule has 0 radical (unpaired) electrons. The standard InChI is InChI=1S/C15H22N2O/c1-12(2)14-8-9-17(11-14)15(18)16-10-13-6-4-3-5-7-13/h3-7,12,14H,8-11H2,1-2H3,(H,16,18). The van der Waals surface area contributed by atoms with E-state index >= 15 is 0 Å². The second-order valence-corrected chi connectivity index (χ2v) is 5.38. The van der Waals surface area contributed by atoms with Crippen molar-refractivity contribution < 1.29 is 4.79 Å². The van der Waals surface area contributed by atoms with Crippen LogP contribution in [-0.2, 0) is 6.54 Å². The normalized spacial score (nSPS) is 19.3. The van der Waals surface area contributed by atoms with Crippen LogP contribution in [0, 0.1) is 11.8 Å². The minimum atomic E-state index is 0.0713. The van der Waals surface area contributed by atoms with Gasteiger partial charge in [-0.25, -0.2) is 4.79 Å². The van der Waals surface area contributed by atoms with Gasteiger partial charge in [-0.2, -0.15) is 0 Å². The van der Waals surface area contributed by atoms with Crippen molar-refractivity contribution in [2.45, 2.75) is 26.8 Å². The number of carbonyl (C=O) groups is 1. The Morgan fingerprint density at radius 3 is 2.72 bits per heavy atom. The Labute approximate surface area is 109 Å². The number of likely N-dealkylation sites (tertiary alicyclic amines) is 1. The van der Waals surface area contributed by atoms with Gasteiger partial charge < -0.3 is 10.2 Å². The maximum atomic E-state index is 12.0. The number of carbonyl (C=O) groups excluding carboxylic acids is 1. The van der Waals surface area contributed by atoms with Crippen molar-refractivity contribution in [2.75, 3.05) is 13.1 Å². The predicted octanol–water partition coefficient (Wildman–Crippen LogP) is 2.87. The van der Waals surface area contributed by atoms with Gasteiger partial charge in [0.25, 0.3) is 0 Å². The first kappa shape index (κ1) is 12.9. The summed E-state index contributed by atoms with van der Waals surface area (Å²) in [5.74, 6) is 1.32. The minimum absolute atomic E-state index is 0.0713. The first-order valence-corrected chi connectivity index (χ1v) is 6.73. The number of rotatable bonds is 3. The third kappa shape index (κ3) is 3.25. The highest BCUT2D eigenvalue weighted by Gasteiger charge is 2.27. The van der Waals surface area contributed by atoms with E-state index in [9.17, 15) is 4.79 Å². The molecule has 1 unspecified atom stereocenters. The summed E-state index contributed by atoms with van der Waals surface area (Å²) in [6.45, 7) is 6.87. The monoisotopic (exact) mass is 246 g/mol. The van der Waals surface area contributed by atoms with Gasteiger partial charge in [-0.3, -0.25) is 0 Å². The SMILES string of the molecule is CC(C)C1CCN(C(=O)NCc2ccccc2)C1. The van der Waals surface area contributed by atoms with Crippen LogP contribution in [0.4, 0.5) is 4.79 Å². The molecule has 1 N–H and O–H groups in total. The van der Waals surface area contributed by atoms with Crippen molar-refractivity contribution in [3.05, 3.63) is 35.9 Å². The molecule has 1 aliphatic heterocycles. The maximum Gasteiger partial charge on any atom is 0.317 e. The molecule has 1 heterocycles. The van der Waals surface area contributed by atoms with Crippen LogP contribution >= 0.6 is 0 Å². The molecule has 1 atom stereocenters. The van der Waals surface area contributed by atoms with Crippen molar-refractivity contribution in [2.24, 2.45) is 11.8 Å². The number of hydrogen-bond acceptors (Lipinski definition) is 1. The number of hydrogen-bond donors (Lipinski definition) is 1. The summed E-state index contributed by atoms with van der Waals surface area (Å²) >= 11 is 0. The van der Waals surface area contributed by atoms with E-state index in [2.05, 4.69) is 19.2 Å². The summed E-state index contributed by atoms with van der Waals surface area (Å²) in [5, 5.41) is 2.99. The van der Waals surface area contributed by atoms with Gasteiger partial charge in [-0.15, -0.1) is 0 Å². The Balaban J connectivity index is 1.79. The molecule has 1 aromatic carbocycles. The lowest BCUT2D eigenvalue weighted by molar-refractivity contribution is 0.205. The fraction of sp³-hybridized carbons (Fsp3) is 0.533. The molecule has 0 saturated carbocycles. The molecule has 98 valence electrons. The number of nitrogens with zero attached hydrogens (tertiary/aromatic N) is 1. The van der Waals surface area contributed by atoms with E-state index in [0.717, 1.165) is 25.1 Å². The zero-order chi connectivity index (χ0) is 13.0. The number of benzene rings is 1. The predicted molar refractivity (Wildman–Crippen MR) is 73.2 cm³/mol. The lowest BCUT2D eigenvalue weighted by Gasteiger charge is -2.18. The molecule has 3 nitrogen and oxygen atoms in total. The topological polar surface area (TPSA) is 32.3 Å². The molecule has 0 aromatic heterocycles. The molecule has 1 fully saturated rings. The molecule has 1 saturated heterocycles. The van der Waals surface area contributed by atoms with Crippen molar-refractivity contribution in [1.29, 1.82) is 0 Å². The van der Waals surface area contributed by atoms with Crippen LogP contribution < -0.4 is 5.32 Å². The average molecular weight is 246 g/mol. The van der Waals surface area contributed by atoms with Gasteiger partial charge in [-0.1, -0.05) is 44.2 Å². The van der Waals surface area contributed by atoms with E-state index in [0.29, 0.717) is 18.4 Å². The van der Waals surface area contributed by atoms with Gasteiger partial charge in [0.05, 0.1) is 0 Å². The summed E-state index contributed by atoms with van der Waals surface area (Å²) in [6.07, 6.45) is 1.14. The number of urea groups is 1. The quantitative estimate of drug-likeness (QED) is 0.874. The Morgan fingerprint density at radius 2 is 2.11 bits per heavy atom. The summed E-state index contributed by atoms with van der Waals surface area (Å²) in [7, 11) is 0. The van der Waals surface area contributed by atoms with Crippen LogP contribution in [0.2, 0.25) is 0 Å². The van der Waals surface area contributed by atoms with Crippen molar-refractivity contribution in [1.82, 2.24) is 10.2 Å². The first-order valence-electron chi connectivity index (χ1n) is 6.73. The van der Waals surface area contributed by atoms with Crippen molar-refractivity contribution in [3.63, 3.8) is 0 Å². The molecule has 0 spiro atoms. The van der Waals surface area contributed by atoms with Gasteiger partial charge in [0.1, 0.15) is 0 Å². The third-order valence-corrected chi connectivity index (χ3v) is 3.74. The van der Waals surface area contributed by atoms with Crippen LogP contribution in [0.25, 0.3) is 0 Å². The summed E-state index contributed by atoms with van der Waals surface area (Å²) in [5.41, 5.74) is 1.14. The molecule has 1 aromatic rings. The molecular weight excluding hydrogens is 224 g/mol. The largest absolute Gasteiger partial charge is 0.334 e. The van der Waals surface area contributed by atoms with Crippen molar-refractivity contribution in [3.8, 4) is 0 Å². The highest BCUT2D eigenvalue weighted by Crippen LogP contribution is 2.23. The summed E-state index contributed by atoms with van der Waals surface area (Å²) in [4.78, 5) is 13.9. The molecule has 0 aliphatic carbocycles. The second-order valence-electron chi connectivity index (χ2n) is 5.38. The summed E-state index contributed by atoms with van der Waals surface area (Å²) < 4.78 is 0. The van der Waals surface area contributed by atoms with Crippen molar-refractivity contribution >= 4 is 6.03 Å². The van der Waals surface area contributed by atoms with Gasteiger partial charge in [0.2, 0.25) is 0 Å². The Bertz CT molecular complexity index is 389. The first-order chi connectivity index (χ1) is 8.66. The molecule has 0 bridgehead atoms. The zero-order valence-electron chi connectivity index (χ0n) is 11.2. The molecule has 3 heteroatoms. The lowest BCUT2D eigenvalue weighted by Crippen LogP contribution is -2.38. The molecule has 18 heavy (non-hydrogen) atoms. The van der Waals surface area contributed by atoms with E-state index in [1.165, 1.54) is 0 Å². The Hall–Kier alpha value is -1.51. The fourth-order valence-electron chi connectivity index (χ4n) is 2.40. The number of amides is 2. The summed E-state index contributed by atoms with van der Waals surface area (Å²) in [6, 6.07) is 10.1. The minimum Gasteiger partial charge on any atom is -0.334 e. The van der Waals surface area contributed by atoms with E-state index in [1.807, 2.05) is 35.2 Å². The zero-order valence-corrected chi connectivity index (χ0v) is 11.2. The van der Waals surface area contributed by atoms with Crippen LogP contribution in [0.5, 0.6) is 0 Å². The van der Waals surface area contributed by atoms with E-state index < -0.39 is 0 Å².